The average Bonchev–Trinajstić information content (AvgIpc) is 2.71. The van der Waals surface area contributed by atoms with E-state index in [9.17, 15) is 18.0 Å². The molecule has 0 saturated carbocycles. The normalized spacial score (nSPS) is 15.7. The Labute approximate surface area is 155 Å². The van der Waals surface area contributed by atoms with Gasteiger partial charge < -0.3 is 14.2 Å². The maximum atomic E-state index is 12.5. The van der Waals surface area contributed by atoms with Gasteiger partial charge in [-0.15, -0.1) is 4.83 Å². The Morgan fingerprint density at radius 2 is 1.74 bits per heavy atom. The molecule has 0 aromatic heterocycles. The molecular formula is C17H16N2O7S. The molecule has 142 valence electrons. The van der Waals surface area contributed by atoms with Crippen LogP contribution in [0.3, 0.4) is 0 Å². The summed E-state index contributed by atoms with van der Waals surface area (Å²) in [5, 5.41) is 0. The van der Waals surface area contributed by atoms with Crippen LogP contribution in [0.2, 0.25) is 0 Å². The van der Waals surface area contributed by atoms with Crippen molar-refractivity contribution in [1.29, 1.82) is 0 Å². The molecule has 0 spiro atoms. The molecule has 0 fully saturated rings. The number of amides is 1. The zero-order chi connectivity index (χ0) is 19.4. The summed E-state index contributed by atoms with van der Waals surface area (Å²) < 4.78 is 40.4. The van der Waals surface area contributed by atoms with Gasteiger partial charge in [0.2, 0.25) is 6.10 Å². The number of carbonyl (C=O) groups is 2. The van der Waals surface area contributed by atoms with Crippen LogP contribution in [0.4, 0.5) is 0 Å². The number of hydrogen-bond acceptors (Lipinski definition) is 7. The van der Waals surface area contributed by atoms with Gasteiger partial charge in [-0.05, 0) is 24.3 Å². The minimum absolute atomic E-state index is 0.0800. The van der Waals surface area contributed by atoms with Crippen molar-refractivity contribution < 1.29 is 32.2 Å². The maximum absolute atomic E-state index is 12.5. The van der Waals surface area contributed by atoms with Gasteiger partial charge in [-0.25, -0.2) is 13.2 Å². The summed E-state index contributed by atoms with van der Waals surface area (Å²) in [7, 11) is -3.08. The van der Waals surface area contributed by atoms with Crippen molar-refractivity contribution in [1.82, 2.24) is 10.3 Å². The summed E-state index contributed by atoms with van der Waals surface area (Å²) in [6, 6.07) is 12.3. The van der Waals surface area contributed by atoms with Crippen molar-refractivity contribution in [2.75, 3.05) is 13.7 Å². The van der Waals surface area contributed by atoms with Crippen LogP contribution in [0.15, 0.2) is 53.4 Å². The van der Waals surface area contributed by atoms with E-state index in [1.807, 2.05) is 4.83 Å². The van der Waals surface area contributed by atoms with E-state index >= 15 is 0 Å². The van der Waals surface area contributed by atoms with Crippen LogP contribution in [-0.2, 0) is 19.6 Å². The summed E-state index contributed by atoms with van der Waals surface area (Å²) >= 11 is 0. The number of nitrogens with one attached hydrogen (secondary N) is 2. The lowest BCUT2D eigenvalue weighted by molar-refractivity contribution is -0.130. The molecule has 1 amide bonds. The molecule has 0 saturated heterocycles. The molecule has 1 heterocycles. The van der Waals surface area contributed by atoms with Crippen molar-refractivity contribution in [3.05, 3.63) is 54.1 Å². The number of rotatable bonds is 5. The fourth-order valence-corrected chi connectivity index (χ4v) is 3.42. The van der Waals surface area contributed by atoms with Gasteiger partial charge in [-0.1, -0.05) is 24.3 Å². The third-order valence-corrected chi connectivity index (χ3v) is 5.00. The third kappa shape index (κ3) is 4.01. The Morgan fingerprint density at radius 3 is 2.48 bits per heavy atom. The molecule has 0 aliphatic carbocycles. The number of sulfonamides is 1. The number of esters is 1. The molecule has 3 rings (SSSR count). The van der Waals surface area contributed by atoms with Gasteiger partial charge in [-0.3, -0.25) is 10.2 Å². The smallest absolute Gasteiger partial charge is 0.339 e. The fourth-order valence-electron chi connectivity index (χ4n) is 2.38. The number of para-hydroxylation sites is 2. The molecule has 9 nitrogen and oxygen atoms in total. The van der Waals surface area contributed by atoms with Gasteiger partial charge in [0.1, 0.15) is 6.61 Å². The summed E-state index contributed by atoms with van der Waals surface area (Å²) in [5.41, 5.74) is 1.91. The number of carbonyl (C=O) groups excluding carboxylic acids is 2. The third-order valence-electron chi connectivity index (χ3n) is 3.69. The lowest BCUT2D eigenvalue weighted by Gasteiger charge is -2.25. The van der Waals surface area contributed by atoms with E-state index in [0.717, 1.165) is 7.11 Å². The minimum Gasteiger partial charge on any atom is -0.485 e. The van der Waals surface area contributed by atoms with Gasteiger partial charge >= 0.3 is 5.97 Å². The highest BCUT2D eigenvalue weighted by atomic mass is 32.2. The van der Waals surface area contributed by atoms with Crippen molar-refractivity contribution in [2.45, 2.75) is 11.0 Å². The number of hydrogen-bond donors (Lipinski definition) is 2. The second-order valence-electron chi connectivity index (χ2n) is 5.45. The number of ether oxygens (including phenoxy) is 3. The molecular weight excluding hydrogens is 376 g/mol. The van der Waals surface area contributed by atoms with E-state index in [1.165, 1.54) is 24.3 Å². The predicted octanol–water partition coefficient (Wildman–Crippen LogP) is 0.623. The van der Waals surface area contributed by atoms with Crippen molar-refractivity contribution >= 4 is 21.9 Å². The largest absolute Gasteiger partial charge is 0.485 e. The molecule has 2 aromatic rings. The second-order valence-corrected chi connectivity index (χ2v) is 7.10. The van der Waals surface area contributed by atoms with Gasteiger partial charge in [0.25, 0.3) is 15.9 Å². The highest BCUT2D eigenvalue weighted by Crippen LogP contribution is 2.30. The van der Waals surface area contributed by atoms with Crippen LogP contribution in [0.25, 0.3) is 0 Å². The molecule has 1 aliphatic heterocycles. The molecule has 1 aliphatic rings. The first-order valence-corrected chi connectivity index (χ1v) is 9.28. The van der Waals surface area contributed by atoms with Gasteiger partial charge in [0.05, 0.1) is 17.6 Å². The van der Waals surface area contributed by atoms with E-state index in [0.29, 0.717) is 11.5 Å². The van der Waals surface area contributed by atoms with Crippen LogP contribution < -0.4 is 19.7 Å². The summed E-state index contributed by atoms with van der Waals surface area (Å²) in [4.78, 5) is 25.6. The molecule has 0 bridgehead atoms. The summed E-state index contributed by atoms with van der Waals surface area (Å²) in [6.45, 7) is -0.0800. The Hall–Kier alpha value is -3.11. The molecule has 1 atom stereocenters. The number of benzene rings is 2. The number of hydrazine groups is 1. The van der Waals surface area contributed by atoms with Crippen LogP contribution in [0.5, 0.6) is 11.5 Å². The van der Waals surface area contributed by atoms with Gasteiger partial charge in [0, 0.05) is 0 Å². The van der Waals surface area contributed by atoms with E-state index in [2.05, 4.69) is 10.2 Å². The Morgan fingerprint density at radius 1 is 1.07 bits per heavy atom. The zero-order valence-electron chi connectivity index (χ0n) is 14.2. The van der Waals surface area contributed by atoms with Gasteiger partial charge in [-0.2, -0.15) is 0 Å². The first-order chi connectivity index (χ1) is 12.9. The van der Waals surface area contributed by atoms with Gasteiger partial charge in [0.15, 0.2) is 11.5 Å². The molecule has 27 heavy (non-hydrogen) atoms. The minimum atomic E-state index is -4.22. The topological polar surface area (TPSA) is 120 Å². The van der Waals surface area contributed by atoms with E-state index in [-0.39, 0.29) is 17.1 Å². The fraction of sp³-hybridized carbons (Fsp3) is 0.176. The SMILES string of the molecule is COC(=O)c1ccccc1S(=O)(=O)NNC(=O)[C@@H]1COc2ccccc2O1. The van der Waals surface area contributed by atoms with Crippen LogP contribution in [0.1, 0.15) is 10.4 Å². The van der Waals surface area contributed by atoms with Crippen molar-refractivity contribution in [2.24, 2.45) is 0 Å². The molecule has 10 heteroatoms. The van der Waals surface area contributed by atoms with E-state index in [4.69, 9.17) is 9.47 Å². The lowest BCUT2D eigenvalue weighted by atomic mass is 10.2. The average molecular weight is 392 g/mol. The highest BCUT2D eigenvalue weighted by Gasteiger charge is 2.29. The van der Waals surface area contributed by atoms with Crippen molar-refractivity contribution in [3.63, 3.8) is 0 Å². The predicted molar refractivity (Wildman–Crippen MR) is 92.6 cm³/mol. The quantitative estimate of drug-likeness (QED) is 0.565. The molecule has 0 radical (unpaired) electrons. The maximum Gasteiger partial charge on any atom is 0.339 e. The highest BCUT2D eigenvalue weighted by molar-refractivity contribution is 7.89. The number of methoxy groups -OCH3 is 1. The summed E-state index contributed by atoms with van der Waals surface area (Å²) in [5.74, 6) is -0.691. The Balaban J connectivity index is 1.70. The molecule has 2 aromatic carbocycles. The Bertz CT molecular complexity index is 975. The zero-order valence-corrected chi connectivity index (χ0v) is 15.0. The van der Waals surface area contributed by atoms with Crippen LogP contribution in [0, 0.1) is 0 Å². The number of fused-ring (bicyclic) bond motifs is 1. The van der Waals surface area contributed by atoms with Crippen LogP contribution >= 0.6 is 0 Å². The first-order valence-electron chi connectivity index (χ1n) is 7.80. The Kier molecular flexibility index (Phi) is 5.28. The standard InChI is InChI=1S/C17H16N2O7S/c1-24-17(21)11-6-2-5-9-15(11)27(22,23)19-18-16(20)14-10-25-12-7-3-4-8-13(12)26-14/h2-9,14,19H,10H2,1H3,(H,18,20)/t14-/m0/s1. The van der Waals surface area contributed by atoms with Crippen molar-refractivity contribution in [3.8, 4) is 11.5 Å². The monoisotopic (exact) mass is 392 g/mol. The van der Waals surface area contributed by atoms with E-state index in [1.54, 1.807) is 24.3 Å². The first kappa shape index (κ1) is 18.7. The molecule has 0 unspecified atom stereocenters. The van der Waals surface area contributed by atoms with E-state index < -0.39 is 28.0 Å². The summed E-state index contributed by atoms with van der Waals surface area (Å²) in [6.07, 6.45) is -1.04. The molecule has 2 N–H and O–H groups in total. The lowest BCUT2D eigenvalue weighted by Crippen LogP contribution is -2.50. The van der Waals surface area contributed by atoms with Crippen LogP contribution in [-0.4, -0.2) is 40.1 Å². The second kappa shape index (κ2) is 7.64.